The predicted octanol–water partition coefficient (Wildman–Crippen LogP) is 5.16. The minimum absolute atomic E-state index is 0.136. The van der Waals surface area contributed by atoms with Crippen LogP contribution in [0.3, 0.4) is 0 Å². The lowest BCUT2D eigenvalue weighted by Gasteiger charge is -2.25. The maximum Gasteiger partial charge on any atom is 0.330 e. The highest BCUT2D eigenvalue weighted by atomic mass is 16.2. The van der Waals surface area contributed by atoms with Crippen molar-refractivity contribution in [2.24, 2.45) is 0 Å². The lowest BCUT2D eigenvalue weighted by atomic mass is 10.0. The first-order valence-corrected chi connectivity index (χ1v) is 8.15. The average molecular weight is 314 g/mol. The molecule has 24 heavy (non-hydrogen) atoms. The third-order valence-corrected chi connectivity index (χ3v) is 4.36. The Balaban J connectivity index is 1.79. The highest BCUT2D eigenvalue weighted by Gasteiger charge is 2.25. The summed E-state index contributed by atoms with van der Waals surface area (Å²) in [6.45, 7) is 0. The number of carbonyl (C=O) groups is 1. The summed E-state index contributed by atoms with van der Waals surface area (Å²) < 4.78 is 0. The summed E-state index contributed by atoms with van der Waals surface area (Å²) in [7, 11) is 0. The molecule has 1 aliphatic heterocycles. The van der Waals surface area contributed by atoms with Crippen molar-refractivity contribution in [1.29, 1.82) is 0 Å². The van der Waals surface area contributed by atoms with Gasteiger partial charge in [0.1, 0.15) is 0 Å². The van der Waals surface area contributed by atoms with Crippen LogP contribution in [0.2, 0.25) is 0 Å². The number of para-hydroxylation sites is 3. The number of nitrogens with zero attached hydrogens (tertiary/aromatic N) is 1. The number of benzene rings is 3. The van der Waals surface area contributed by atoms with E-state index in [0.29, 0.717) is 0 Å². The molecular weight excluding hydrogens is 296 g/mol. The van der Waals surface area contributed by atoms with Gasteiger partial charge < -0.3 is 5.32 Å². The summed E-state index contributed by atoms with van der Waals surface area (Å²) in [6.07, 6.45) is 1.87. The quantitative estimate of drug-likeness (QED) is 0.661. The van der Waals surface area contributed by atoms with E-state index in [-0.39, 0.29) is 6.03 Å². The van der Waals surface area contributed by atoms with Crippen molar-refractivity contribution in [2.45, 2.75) is 12.8 Å². The summed E-state index contributed by atoms with van der Waals surface area (Å²) >= 11 is 0. The van der Waals surface area contributed by atoms with Gasteiger partial charge in [0.15, 0.2) is 0 Å². The summed E-state index contributed by atoms with van der Waals surface area (Å²) in [5.74, 6) is 0. The smallest absolute Gasteiger partial charge is 0.307 e. The number of urea groups is 1. The molecular formula is C21H18N2O. The second-order valence-electron chi connectivity index (χ2n) is 5.89. The van der Waals surface area contributed by atoms with Crippen LogP contribution in [0.1, 0.15) is 11.1 Å². The van der Waals surface area contributed by atoms with E-state index in [1.54, 1.807) is 4.90 Å². The number of hydrogen-bond donors (Lipinski definition) is 1. The van der Waals surface area contributed by atoms with Gasteiger partial charge in [0.25, 0.3) is 0 Å². The first-order chi connectivity index (χ1) is 11.8. The standard InChI is InChI=1S/C21H18N2O/c24-21(22-18-10-2-1-3-11-18)23-19-12-6-4-8-16(19)14-15-17-9-5-7-13-20(17)23/h1-13H,14-15H2,(H,22,24). The van der Waals surface area contributed by atoms with E-state index in [0.717, 1.165) is 29.9 Å². The normalized spacial score (nSPS) is 12.8. The van der Waals surface area contributed by atoms with Gasteiger partial charge in [0, 0.05) is 5.69 Å². The number of aryl methyl sites for hydroxylation is 2. The first kappa shape index (κ1) is 14.5. The molecule has 0 atom stereocenters. The first-order valence-electron chi connectivity index (χ1n) is 8.15. The van der Waals surface area contributed by atoms with Gasteiger partial charge in [-0.2, -0.15) is 0 Å². The molecule has 0 bridgehead atoms. The van der Waals surface area contributed by atoms with Crippen LogP contribution in [0.25, 0.3) is 0 Å². The monoisotopic (exact) mass is 314 g/mol. The molecule has 3 aromatic carbocycles. The third-order valence-electron chi connectivity index (χ3n) is 4.36. The molecule has 0 spiro atoms. The minimum Gasteiger partial charge on any atom is -0.307 e. The average Bonchev–Trinajstić information content (AvgIpc) is 2.79. The van der Waals surface area contributed by atoms with E-state index in [2.05, 4.69) is 17.4 Å². The summed E-state index contributed by atoms with van der Waals surface area (Å²) in [5.41, 5.74) is 5.09. The van der Waals surface area contributed by atoms with Gasteiger partial charge in [-0.15, -0.1) is 0 Å². The number of fused-ring (bicyclic) bond motifs is 2. The van der Waals surface area contributed by atoms with Crippen molar-refractivity contribution in [3.8, 4) is 0 Å². The molecule has 0 saturated carbocycles. The van der Waals surface area contributed by atoms with E-state index < -0.39 is 0 Å². The maximum atomic E-state index is 13.1. The molecule has 0 aromatic heterocycles. The Morgan fingerprint density at radius 3 is 1.79 bits per heavy atom. The van der Waals surface area contributed by atoms with Crippen LogP contribution in [0.4, 0.5) is 21.9 Å². The van der Waals surface area contributed by atoms with E-state index in [4.69, 9.17) is 0 Å². The second-order valence-corrected chi connectivity index (χ2v) is 5.89. The molecule has 0 radical (unpaired) electrons. The van der Waals surface area contributed by atoms with Gasteiger partial charge >= 0.3 is 6.03 Å². The van der Waals surface area contributed by atoms with Gasteiger partial charge in [-0.05, 0) is 48.2 Å². The van der Waals surface area contributed by atoms with E-state index in [9.17, 15) is 4.79 Å². The number of hydrogen-bond acceptors (Lipinski definition) is 1. The van der Waals surface area contributed by atoms with Crippen molar-refractivity contribution in [2.75, 3.05) is 10.2 Å². The molecule has 1 N–H and O–H groups in total. The molecule has 2 amide bonds. The van der Waals surface area contributed by atoms with Crippen LogP contribution < -0.4 is 10.2 Å². The Labute approximate surface area is 141 Å². The summed E-state index contributed by atoms with van der Waals surface area (Å²) in [5, 5.41) is 3.01. The topological polar surface area (TPSA) is 32.3 Å². The Morgan fingerprint density at radius 1 is 0.708 bits per heavy atom. The summed E-state index contributed by atoms with van der Waals surface area (Å²) in [6, 6.07) is 25.7. The summed E-state index contributed by atoms with van der Waals surface area (Å²) in [4.78, 5) is 14.9. The molecule has 0 fully saturated rings. The zero-order valence-electron chi connectivity index (χ0n) is 13.3. The van der Waals surface area contributed by atoms with Crippen molar-refractivity contribution < 1.29 is 4.79 Å². The Hall–Kier alpha value is -3.07. The maximum absolute atomic E-state index is 13.1. The van der Waals surface area contributed by atoms with Crippen LogP contribution >= 0.6 is 0 Å². The molecule has 0 unspecified atom stereocenters. The van der Waals surface area contributed by atoms with E-state index in [1.165, 1.54) is 11.1 Å². The van der Waals surface area contributed by atoms with Gasteiger partial charge in [0.2, 0.25) is 0 Å². The van der Waals surface area contributed by atoms with Crippen molar-refractivity contribution in [3.63, 3.8) is 0 Å². The van der Waals surface area contributed by atoms with Crippen molar-refractivity contribution in [1.82, 2.24) is 0 Å². The SMILES string of the molecule is O=C(Nc1ccccc1)N1c2ccccc2CCc2ccccc21. The number of nitrogens with one attached hydrogen (secondary N) is 1. The fourth-order valence-corrected chi connectivity index (χ4v) is 3.20. The Kier molecular flexibility index (Phi) is 3.75. The Morgan fingerprint density at radius 2 is 1.21 bits per heavy atom. The fraction of sp³-hybridized carbons (Fsp3) is 0.0952. The van der Waals surface area contributed by atoms with E-state index in [1.807, 2.05) is 66.7 Å². The lowest BCUT2D eigenvalue weighted by molar-refractivity contribution is 0.259. The van der Waals surface area contributed by atoms with Gasteiger partial charge in [-0.3, -0.25) is 4.90 Å². The van der Waals surface area contributed by atoms with Crippen LogP contribution in [-0.2, 0) is 12.8 Å². The highest BCUT2D eigenvalue weighted by Crippen LogP contribution is 2.36. The zero-order valence-corrected chi connectivity index (χ0v) is 13.3. The predicted molar refractivity (Wildman–Crippen MR) is 97.9 cm³/mol. The zero-order chi connectivity index (χ0) is 16.4. The number of carbonyl (C=O) groups excluding carboxylic acids is 1. The fourth-order valence-electron chi connectivity index (χ4n) is 3.20. The molecule has 1 aliphatic rings. The molecule has 3 nitrogen and oxygen atoms in total. The van der Waals surface area contributed by atoms with Crippen LogP contribution in [0, 0.1) is 0 Å². The van der Waals surface area contributed by atoms with Crippen LogP contribution in [0.15, 0.2) is 78.9 Å². The van der Waals surface area contributed by atoms with Crippen LogP contribution in [-0.4, -0.2) is 6.03 Å². The van der Waals surface area contributed by atoms with Crippen molar-refractivity contribution >= 4 is 23.1 Å². The van der Waals surface area contributed by atoms with Crippen LogP contribution in [0.5, 0.6) is 0 Å². The minimum atomic E-state index is -0.136. The van der Waals surface area contributed by atoms with Crippen molar-refractivity contribution in [3.05, 3.63) is 90.0 Å². The largest absolute Gasteiger partial charge is 0.330 e. The van der Waals surface area contributed by atoms with E-state index >= 15 is 0 Å². The van der Waals surface area contributed by atoms with Gasteiger partial charge in [-0.25, -0.2) is 4.79 Å². The highest BCUT2D eigenvalue weighted by molar-refractivity contribution is 6.08. The number of amides is 2. The molecule has 0 aliphatic carbocycles. The lowest BCUT2D eigenvalue weighted by Crippen LogP contribution is -2.31. The molecule has 4 rings (SSSR count). The van der Waals surface area contributed by atoms with Gasteiger partial charge in [0.05, 0.1) is 11.4 Å². The molecule has 3 heteroatoms. The molecule has 3 aromatic rings. The third kappa shape index (κ3) is 2.65. The molecule has 118 valence electrons. The van der Waals surface area contributed by atoms with Gasteiger partial charge in [-0.1, -0.05) is 54.6 Å². The number of anilines is 3. The Bertz CT molecular complexity index is 826. The molecule has 1 heterocycles. The molecule has 0 saturated heterocycles. The second kappa shape index (κ2) is 6.20. The number of rotatable bonds is 1.